The summed E-state index contributed by atoms with van der Waals surface area (Å²) in [6.45, 7) is 4.59. The van der Waals surface area contributed by atoms with Crippen molar-refractivity contribution in [3.8, 4) is 0 Å². The maximum absolute atomic E-state index is 13.5. The Labute approximate surface area is 256 Å². The largest absolute Gasteiger partial charge is 0.480 e. The maximum atomic E-state index is 13.5. The van der Waals surface area contributed by atoms with Crippen LogP contribution in [0.4, 0.5) is 20.1 Å². The molecule has 12 nitrogen and oxygen atoms in total. The smallest absolute Gasteiger partial charge is 0.430 e. The first-order chi connectivity index (χ1) is 20.8. The van der Waals surface area contributed by atoms with Crippen molar-refractivity contribution < 1.29 is 38.5 Å². The summed E-state index contributed by atoms with van der Waals surface area (Å²) in [4.78, 5) is 54.1. The molecule has 3 aromatic carbocycles. The highest BCUT2D eigenvalue weighted by molar-refractivity contribution is 5.84. The monoisotopic (exact) mass is 606 g/mol. The normalized spacial score (nSPS) is 12.2. The molecule has 0 aliphatic heterocycles. The third-order valence-corrected chi connectivity index (χ3v) is 6.11. The highest BCUT2D eigenvalue weighted by Gasteiger charge is 2.42. The van der Waals surface area contributed by atoms with Crippen LogP contribution in [0.25, 0.3) is 0 Å². The van der Waals surface area contributed by atoms with Gasteiger partial charge in [0.05, 0.1) is 6.04 Å². The van der Waals surface area contributed by atoms with E-state index < -0.39 is 41.9 Å². The van der Waals surface area contributed by atoms with E-state index in [1.807, 2.05) is 19.0 Å². The topological polar surface area (TPSA) is 147 Å². The Balaban J connectivity index is 1.99. The van der Waals surface area contributed by atoms with E-state index in [2.05, 4.69) is 10.7 Å². The molecule has 3 N–H and O–H groups in total. The fourth-order valence-electron chi connectivity index (χ4n) is 4.03. The average molecular weight is 607 g/mol. The third-order valence-electron chi connectivity index (χ3n) is 6.11. The van der Waals surface area contributed by atoms with Crippen LogP contribution in [-0.4, -0.2) is 60.1 Å². The number of carbonyl (C=O) groups excluding carboxylic acids is 3. The second-order valence-electron chi connectivity index (χ2n) is 11.0. The molecule has 0 bridgehead atoms. The fraction of sp³-hybridized carbons (Fsp3) is 0.312. The van der Waals surface area contributed by atoms with Crippen molar-refractivity contribution in [2.75, 3.05) is 19.0 Å². The zero-order valence-corrected chi connectivity index (χ0v) is 25.4. The van der Waals surface area contributed by atoms with Crippen LogP contribution >= 0.6 is 0 Å². The number of carbonyl (C=O) groups is 4. The molecular formula is C32H38N4O8. The Bertz CT molecular complexity index is 1390. The molecule has 3 rings (SSSR count). The highest BCUT2D eigenvalue weighted by Crippen LogP contribution is 2.25. The second kappa shape index (κ2) is 15.3. The molecule has 2 atom stereocenters. The standard InChI is InChI=1S/C32H38N4O8/c1-32(2,3)44-29(39)33-26(24-16-18-25(19-17-24)35(4)5)27(28(37)38)36(31(41)43-21-23-14-10-7-11-15-23)34-30(40)42-20-22-12-8-6-9-13-22/h6-19,26-27H,20-21H2,1-5H3,(H,33,39)(H,34,40)(H,37,38)/t26-,27+/m1/s1. The Morgan fingerprint density at radius 1 is 0.773 bits per heavy atom. The van der Waals surface area contributed by atoms with Gasteiger partial charge in [0.1, 0.15) is 18.8 Å². The molecule has 44 heavy (non-hydrogen) atoms. The van der Waals surface area contributed by atoms with Crippen molar-refractivity contribution in [3.05, 3.63) is 102 Å². The summed E-state index contributed by atoms with van der Waals surface area (Å²) in [6, 6.07) is 20.9. The van der Waals surface area contributed by atoms with E-state index in [0.717, 1.165) is 5.69 Å². The fourth-order valence-corrected chi connectivity index (χ4v) is 4.03. The molecule has 0 aliphatic rings. The van der Waals surface area contributed by atoms with E-state index in [1.165, 1.54) is 0 Å². The summed E-state index contributed by atoms with van der Waals surface area (Å²) in [6.07, 6.45) is -3.25. The molecule has 3 aromatic rings. The van der Waals surface area contributed by atoms with Gasteiger partial charge in [-0.25, -0.2) is 24.6 Å². The van der Waals surface area contributed by atoms with Crippen molar-refractivity contribution in [2.45, 2.75) is 51.7 Å². The van der Waals surface area contributed by atoms with Gasteiger partial charge in [-0.3, -0.25) is 0 Å². The number of rotatable bonds is 10. The predicted molar refractivity (Wildman–Crippen MR) is 163 cm³/mol. The molecule has 0 fully saturated rings. The lowest BCUT2D eigenvalue weighted by atomic mass is 9.98. The number of hydrogen-bond donors (Lipinski definition) is 3. The zero-order chi connectivity index (χ0) is 32.3. The van der Waals surface area contributed by atoms with E-state index >= 15 is 0 Å². The van der Waals surface area contributed by atoms with Gasteiger partial charge in [0, 0.05) is 19.8 Å². The lowest BCUT2D eigenvalue weighted by Gasteiger charge is -2.34. The van der Waals surface area contributed by atoms with Gasteiger partial charge in [0.2, 0.25) is 0 Å². The van der Waals surface area contributed by atoms with E-state index in [1.54, 1.807) is 106 Å². The number of nitrogens with zero attached hydrogens (tertiary/aromatic N) is 2. The summed E-state index contributed by atoms with van der Waals surface area (Å²) in [5.74, 6) is -1.55. The maximum Gasteiger partial charge on any atom is 0.430 e. The Kier molecular flexibility index (Phi) is 11.5. The van der Waals surface area contributed by atoms with Crippen LogP contribution < -0.4 is 15.6 Å². The molecule has 234 valence electrons. The van der Waals surface area contributed by atoms with Crippen LogP contribution in [0.3, 0.4) is 0 Å². The van der Waals surface area contributed by atoms with Crippen molar-refractivity contribution >= 4 is 29.9 Å². The Hall–Kier alpha value is -5.26. The molecule has 0 spiro atoms. The van der Waals surface area contributed by atoms with Crippen LogP contribution in [0.5, 0.6) is 0 Å². The first kappa shape index (κ1) is 33.2. The van der Waals surface area contributed by atoms with E-state index in [4.69, 9.17) is 14.2 Å². The summed E-state index contributed by atoms with van der Waals surface area (Å²) < 4.78 is 16.1. The summed E-state index contributed by atoms with van der Waals surface area (Å²) in [5.41, 5.74) is 3.73. The number of ether oxygens (including phenoxy) is 3. The summed E-state index contributed by atoms with van der Waals surface area (Å²) in [5, 5.41) is 13.5. The Morgan fingerprint density at radius 3 is 1.77 bits per heavy atom. The molecule has 3 amide bonds. The van der Waals surface area contributed by atoms with Gasteiger partial charge in [-0.1, -0.05) is 72.8 Å². The molecule has 0 unspecified atom stereocenters. The van der Waals surface area contributed by atoms with Crippen molar-refractivity contribution in [2.24, 2.45) is 0 Å². The first-order valence-corrected chi connectivity index (χ1v) is 13.8. The van der Waals surface area contributed by atoms with Gasteiger partial charge in [0.25, 0.3) is 0 Å². The minimum absolute atomic E-state index is 0.150. The number of hydrogen-bond acceptors (Lipinski definition) is 8. The molecule has 0 saturated carbocycles. The zero-order valence-electron chi connectivity index (χ0n) is 25.4. The number of amides is 3. The molecule has 0 aliphatic carbocycles. The minimum Gasteiger partial charge on any atom is -0.480 e. The lowest BCUT2D eigenvalue weighted by molar-refractivity contribution is -0.145. The molecule has 12 heteroatoms. The van der Waals surface area contributed by atoms with Crippen LogP contribution in [0.2, 0.25) is 0 Å². The average Bonchev–Trinajstić information content (AvgIpc) is 2.98. The second-order valence-corrected chi connectivity index (χ2v) is 11.0. The summed E-state index contributed by atoms with van der Waals surface area (Å²) >= 11 is 0. The van der Waals surface area contributed by atoms with Crippen molar-refractivity contribution in [3.63, 3.8) is 0 Å². The summed E-state index contributed by atoms with van der Waals surface area (Å²) in [7, 11) is 3.67. The first-order valence-electron chi connectivity index (χ1n) is 13.8. The number of benzene rings is 3. The lowest BCUT2D eigenvalue weighted by Crippen LogP contribution is -2.59. The number of carboxylic acids is 1. The molecule has 0 heterocycles. The molecular weight excluding hydrogens is 568 g/mol. The van der Waals surface area contributed by atoms with Gasteiger partial charge in [-0.2, -0.15) is 5.01 Å². The third kappa shape index (κ3) is 10.2. The van der Waals surface area contributed by atoms with Crippen molar-refractivity contribution in [1.29, 1.82) is 0 Å². The van der Waals surface area contributed by atoms with Crippen LogP contribution in [-0.2, 0) is 32.2 Å². The minimum atomic E-state index is -1.90. The Morgan fingerprint density at radius 2 is 1.30 bits per heavy atom. The number of carboxylic acid groups (broad SMARTS) is 1. The van der Waals surface area contributed by atoms with Crippen LogP contribution in [0.1, 0.15) is 43.5 Å². The number of aliphatic carboxylic acids is 1. The quantitative estimate of drug-likeness (QED) is 0.208. The number of alkyl carbamates (subject to hydrolysis) is 1. The number of nitrogens with one attached hydrogen (secondary N) is 2. The van der Waals surface area contributed by atoms with E-state index in [9.17, 15) is 24.3 Å². The van der Waals surface area contributed by atoms with E-state index in [-0.39, 0.29) is 13.2 Å². The number of anilines is 1. The van der Waals surface area contributed by atoms with E-state index in [0.29, 0.717) is 21.7 Å². The predicted octanol–water partition coefficient (Wildman–Crippen LogP) is 5.25. The molecule has 0 radical (unpaired) electrons. The highest BCUT2D eigenvalue weighted by atomic mass is 16.6. The molecule has 0 aromatic heterocycles. The van der Waals surface area contributed by atoms with Crippen molar-refractivity contribution in [1.82, 2.24) is 15.8 Å². The van der Waals surface area contributed by atoms with Gasteiger partial charge < -0.3 is 29.5 Å². The molecule has 0 saturated heterocycles. The van der Waals surface area contributed by atoms with Gasteiger partial charge in [-0.15, -0.1) is 0 Å². The van der Waals surface area contributed by atoms with Crippen LogP contribution in [0.15, 0.2) is 84.9 Å². The van der Waals surface area contributed by atoms with Gasteiger partial charge in [0.15, 0.2) is 6.04 Å². The number of hydrazine groups is 1. The van der Waals surface area contributed by atoms with Gasteiger partial charge >= 0.3 is 24.2 Å². The SMILES string of the molecule is CN(C)c1ccc([C@@H](NC(=O)OC(C)(C)C)[C@@H](C(=O)O)N(NC(=O)OCc2ccccc2)C(=O)OCc2ccccc2)cc1. The van der Waals surface area contributed by atoms with Gasteiger partial charge in [-0.05, 0) is 49.6 Å². The van der Waals surface area contributed by atoms with Crippen LogP contribution in [0, 0.1) is 0 Å².